The van der Waals surface area contributed by atoms with Crippen LogP contribution >= 0.6 is 0 Å². The maximum absolute atomic E-state index is 13.3. The fourth-order valence-corrected chi connectivity index (χ4v) is 6.39. The van der Waals surface area contributed by atoms with Crippen molar-refractivity contribution >= 4 is 39.1 Å². The number of anilines is 2. The van der Waals surface area contributed by atoms with Crippen LogP contribution in [-0.2, 0) is 26.4 Å². The van der Waals surface area contributed by atoms with Crippen molar-refractivity contribution in [3.8, 4) is 11.1 Å². The van der Waals surface area contributed by atoms with Crippen molar-refractivity contribution < 1.29 is 4.79 Å². The first kappa shape index (κ1) is 21.2. The highest BCUT2D eigenvalue weighted by atomic mass is 16.1. The molecule has 3 heterocycles. The monoisotopic (exact) mass is 475 g/mol. The van der Waals surface area contributed by atoms with Gasteiger partial charge < -0.3 is 14.8 Å². The van der Waals surface area contributed by atoms with Crippen molar-refractivity contribution in [3.63, 3.8) is 0 Å². The number of carbonyl (C=O) groups is 1. The minimum atomic E-state index is 0.0304. The lowest BCUT2D eigenvalue weighted by Crippen LogP contribution is -2.15. The van der Waals surface area contributed by atoms with Crippen LogP contribution in [0.5, 0.6) is 0 Å². The zero-order valence-corrected chi connectivity index (χ0v) is 21.1. The van der Waals surface area contributed by atoms with Gasteiger partial charge in [0.05, 0.1) is 16.8 Å². The lowest BCUT2D eigenvalue weighted by Gasteiger charge is -2.22. The lowest BCUT2D eigenvalue weighted by atomic mass is 9.82. The summed E-state index contributed by atoms with van der Waals surface area (Å²) in [5.74, 6) is 0.0304. The van der Waals surface area contributed by atoms with E-state index in [4.69, 9.17) is 5.10 Å². The largest absolute Gasteiger partial charge is 0.348 e. The summed E-state index contributed by atoms with van der Waals surface area (Å²) in [6.07, 6.45) is 3.86. The van der Waals surface area contributed by atoms with Crippen molar-refractivity contribution in [1.82, 2.24) is 19.7 Å². The highest BCUT2D eigenvalue weighted by Crippen LogP contribution is 2.48. The molecule has 2 aliphatic rings. The first-order valence-corrected chi connectivity index (χ1v) is 12.7. The van der Waals surface area contributed by atoms with E-state index in [9.17, 15) is 4.79 Å². The van der Waals surface area contributed by atoms with E-state index in [-0.39, 0.29) is 11.9 Å². The zero-order chi connectivity index (χ0) is 24.7. The van der Waals surface area contributed by atoms with Crippen LogP contribution in [0.1, 0.15) is 47.1 Å². The van der Waals surface area contributed by atoms with Gasteiger partial charge in [-0.3, -0.25) is 9.48 Å². The molecule has 0 unspecified atom stereocenters. The maximum atomic E-state index is 13.3. The van der Waals surface area contributed by atoms with E-state index >= 15 is 0 Å². The summed E-state index contributed by atoms with van der Waals surface area (Å²) in [7, 11) is 4.08. The Kier molecular flexibility index (Phi) is 4.41. The SMILES string of the molecule is CC(C)n1c2ccc(N(C)c3ccccc3)cc2c2c3c(c4c(c21)CCc1nn(C)cc1-4)C(=O)NC3. The van der Waals surface area contributed by atoms with Crippen LogP contribution in [0.15, 0.2) is 54.7 Å². The molecule has 0 fully saturated rings. The van der Waals surface area contributed by atoms with E-state index in [0.717, 1.165) is 52.2 Å². The first-order chi connectivity index (χ1) is 17.4. The summed E-state index contributed by atoms with van der Waals surface area (Å²) >= 11 is 0. The second kappa shape index (κ2) is 7.47. The van der Waals surface area contributed by atoms with E-state index in [1.54, 1.807) is 0 Å². The third-order valence-corrected chi connectivity index (χ3v) is 7.91. The number of amides is 1. The molecule has 1 aliphatic heterocycles. The van der Waals surface area contributed by atoms with Gasteiger partial charge in [0, 0.05) is 71.7 Å². The number of fused-ring (bicyclic) bond motifs is 10. The highest BCUT2D eigenvalue weighted by Gasteiger charge is 2.35. The molecule has 7 rings (SSSR count). The minimum absolute atomic E-state index is 0.0304. The molecule has 0 saturated carbocycles. The van der Waals surface area contributed by atoms with E-state index in [1.807, 2.05) is 17.8 Å². The molecule has 5 aromatic rings. The lowest BCUT2D eigenvalue weighted by molar-refractivity contribution is 0.0966. The number of aryl methyl sites for hydroxylation is 3. The van der Waals surface area contributed by atoms with Crippen LogP contribution < -0.4 is 10.2 Å². The van der Waals surface area contributed by atoms with Gasteiger partial charge in [0.2, 0.25) is 0 Å². The van der Waals surface area contributed by atoms with Gasteiger partial charge in [-0.05, 0) is 68.1 Å². The molecule has 0 bridgehead atoms. The Bertz CT molecular complexity index is 1710. The number of aromatic nitrogens is 3. The van der Waals surface area contributed by atoms with Gasteiger partial charge >= 0.3 is 0 Å². The summed E-state index contributed by atoms with van der Waals surface area (Å²) in [6.45, 7) is 5.07. The smallest absolute Gasteiger partial charge is 0.252 e. The van der Waals surface area contributed by atoms with Crippen molar-refractivity contribution in [2.75, 3.05) is 11.9 Å². The summed E-state index contributed by atoms with van der Waals surface area (Å²) in [5.41, 5.74) is 11.3. The van der Waals surface area contributed by atoms with E-state index in [0.29, 0.717) is 6.54 Å². The Morgan fingerprint density at radius 2 is 1.81 bits per heavy atom. The van der Waals surface area contributed by atoms with Crippen molar-refractivity contribution in [3.05, 3.63) is 77.1 Å². The fraction of sp³-hybridized carbons (Fsp3) is 0.267. The molecular formula is C30H29N5O. The molecular weight excluding hydrogens is 446 g/mol. The average molecular weight is 476 g/mol. The average Bonchev–Trinajstić information content (AvgIpc) is 3.55. The predicted molar refractivity (Wildman–Crippen MR) is 145 cm³/mol. The van der Waals surface area contributed by atoms with Gasteiger partial charge in [0.15, 0.2) is 0 Å². The second-order valence-electron chi connectivity index (χ2n) is 10.3. The molecule has 0 atom stereocenters. The Morgan fingerprint density at radius 1 is 1.00 bits per heavy atom. The summed E-state index contributed by atoms with van der Waals surface area (Å²) in [5, 5.41) is 10.3. The number of hydrogen-bond acceptors (Lipinski definition) is 3. The van der Waals surface area contributed by atoms with Crippen LogP contribution in [0.3, 0.4) is 0 Å². The number of carbonyl (C=O) groups excluding carboxylic acids is 1. The summed E-state index contributed by atoms with van der Waals surface area (Å²) in [4.78, 5) is 15.5. The van der Waals surface area contributed by atoms with Gasteiger partial charge in [0.25, 0.3) is 5.91 Å². The molecule has 0 spiro atoms. The quantitative estimate of drug-likeness (QED) is 0.354. The van der Waals surface area contributed by atoms with E-state index in [1.165, 1.54) is 27.4 Å². The van der Waals surface area contributed by atoms with Crippen molar-refractivity contribution in [2.45, 2.75) is 39.3 Å². The molecule has 1 N–H and O–H groups in total. The van der Waals surface area contributed by atoms with Crippen LogP contribution in [-0.4, -0.2) is 27.3 Å². The first-order valence-electron chi connectivity index (χ1n) is 12.7. The zero-order valence-electron chi connectivity index (χ0n) is 21.1. The van der Waals surface area contributed by atoms with Crippen molar-refractivity contribution in [1.29, 1.82) is 0 Å². The Labute approximate surface area is 210 Å². The van der Waals surface area contributed by atoms with Crippen LogP contribution in [0, 0.1) is 0 Å². The van der Waals surface area contributed by atoms with E-state index in [2.05, 4.69) is 84.3 Å². The van der Waals surface area contributed by atoms with Crippen LogP contribution in [0.25, 0.3) is 32.9 Å². The number of nitrogens with one attached hydrogen (secondary N) is 1. The van der Waals surface area contributed by atoms with Gasteiger partial charge in [0.1, 0.15) is 0 Å². The van der Waals surface area contributed by atoms with Crippen LogP contribution in [0.4, 0.5) is 11.4 Å². The Hall–Kier alpha value is -4.06. The third kappa shape index (κ3) is 2.78. The minimum Gasteiger partial charge on any atom is -0.348 e. The number of nitrogens with zero attached hydrogens (tertiary/aromatic N) is 4. The number of hydrogen-bond donors (Lipinski definition) is 1. The van der Waals surface area contributed by atoms with Gasteiger partial charge in [-0.25, -0.2) is 0 Å². The third-order valence-electron chi connectivity index (χ3n) is 7.91. The summed E-state index contributed by atoms with van der Waals surface area (Å²) in [6, 6.07) is 17.5. The molecule has 2 aromatic heterocycles. The highest BCUT2D eigenvalue weighted by molar-refractivity contribution is 6.20. The maximum Gasteiger partial charge on any atom is 0.252 e. The molecule has 36 heavy (non-hydrogen) atoms. The van der Waals surface area contributed by atoms with E-state index < -0.39 is 0 Å². The fourth-order valence-electron chi connectivity index (χ4n) is 6.39. The standard InChI is InChI=1S/C30H29N5O/c1-17(2)35-25-13-10-19(34(4)18-8-6-5-7-9-18)14-21(25)27-22-15-31-30(36)28(22)26-20(29(27)35)11-12-24-23(26)16-33(3)32-24/h5-10,13-14,16-17H,11-12,15H2,1-4H3,(H,31,36). The van der Waals surface area contributed by atoms with Gasteiger partial charge in [-0.2, -0.15) is 5.10 Å². The summed E-state index contributed by atoms with van der Waals surface area (Å²) < 4.78 is 4.37. The topological polar surface area (TPSA) is 55.1 Å². The molecule has 0 saturated heterocycles. The normalized spacial score (nSPS) is 14.3. The van der Waals surface area contributed by atoms with Crippen LogP contribution in [0.2, 0.25) is 0 Å². The van der Waals surface area contributed by atoms with Crippen molar-refractivity contribution in [2.24, 2.45) is 7.05 Å². The molecule has 180 valence electrons. The molecule has 1 amide bonds. The molecule has 6 nitrogen and oxygen atoms in total. The molecule has 3 aromatic carbocycles. The second-order valence-corrected chi connectivity index (χ2v) is 10.3. The number of para-hydroxylation sites is 1. The molecule has 1 aliphatic carbocycles. The van der Waals surface area contributed by atoms with Gasteiger partial charge in [-0.1, -0.05) is 18.2 Å². The molecule has 0 radical (unpaired) electrons. The number of benzene rings is 3. The predicted octanol–water partition coefficient (Wildman–Crippen LogP) is 5.89. The number of rotatable bonds is 3. The Balaban J connectivity index is 1.60. The van der Waals surface area contributed by atoms with Gasteiger partial charge in [-0.15, -0.1) is 0 Å². The Morgan fingerprint density at radius 3 is 2.58 bits per heavy atom. The molecule has 6 heteroatoms.